The third-order valence-corrected chi connectivity index (χ3v) is 5.70. The molecule has 0 N–H and O–H groups in total. The number of thiazole rings is 2. The first-order valence-electron chi connectivity index (χ1n) is 8.14. The van der Waals surface area contributed by atoms with E-state index in [9.17, 15) is 4.79 Å². The number of carbonyl (C=O) groups excluding carboxylic acids is 1. The molecular formula is C18H17N3O2S2. The van der Waals surface area contributed by atoms with Gasteiger partial charge >= 0.3 is 0 Å². The molecule has 0 saturated carbocycles. The topological polar surface area (TPSA) is 55.3 Å². The van der Waals surface area contributed by atoms with Gasteiger partial charge in [0.2, 0.25) is 0 Å². The molecule has 3 aromatic rings. The lowest BCUT2D eigenvalue weighted by Gasteiger charge is -2.21. The van der Waals surface area contributed by atoms with Crippen LogP contribution in [0.5, 0.6) is 0 Å². The number of anilines is 1. The van der Waals surface area contributed by atoms with Gasteiger partial charge < -0.3 is 4.74 Å². The Kier molecular flexibility index (Phi) is 4.87. The lowest BCUT2D eigenvalue weighted by molar-refractivity contribution is -0.114. The zero-order valence-corrected chi connectivity index (χ0v) is 15.1. The number of para-hydroxylation sites is 1. The van der Waals surface area contributed by atoms with E-state index in [4.69, 9.17) is 4.74 Å². The monoisotopic (exact) mass is 371 g/mol. The van der Waals surface area contributed by atoms with Crippen LogP contribution in [-0.2, 0) is 9.53 Å². The number of rotatable bonds is 5. The highest BCUT2D eigenvalue weighted by atomic mass is 32.1. The molecule has 5 nitrogen and oxygen atoms in total. The van der Waals surface area contributed by atoms with Crippen LogP contribution < -0.4 is 4.90 Å². The van der Waals surface area contributed by atoms with Gasteiger partial charge in [-0.05, 0) is 31.1 Å². The Labute approximate surface area is 153 Å². The molecule has 1 atom stereocenters. The van der Waals surface area contributed by atoms with Crippen molar-refractivity contribution in [3.05, 3.63) is 46.9 Å². The third-order valence-electron chi connectivity index (χ3n) is 4.04. The molecule has 0 bridgehead atoms. The number of hydrogen-bond acceptors (Lipinski definition) is 6. The molecule has 1 amide bonds. The highest BCUT2D eigenvalue weighted by Gasteiger charge is 2.25. The summed E-state index contributed by atoms with van der Waals surface area (Å²) < 4.78 is 6.80. The summed E-state index contributed by atoms with van der Waals surface area (Å²) in [6.45, 7) is 1.29. The molecule has 1 unspecified atom stereocenters. The van der Waals surface area contributed by atoms with Crippen molar-refractivity contribution in [2.45, 2.75) is 18.9 Å². The van der Waals surface area contributed by atoms with E-state index in [0.29, 0.717) is 11.7 Å². The molecule has 1 fully saturated rings. The SMILES string of the molecule is O=C(/C=C/c1cscn1)N(CC1CCCO1)c1nc2ccccc2s1. The first kappa shape index (κ1) is 16.4. The van der Waals surface area contributed by atoms with Gasteiger partial charge in [0.05, 0.1) is 34.1 Å². The summed E-state index contributed by atoms with van der Waals surface area (Å²) in [6.07, 6.45) is 5.40. The molecule has 2 aromatic heterocycles. The van der Waals surface area contributed by atoms with E-state index in [1.807, 2.05) is 29.6 Å². The van der Waals surface area contributed by atoms with E-state index in [1.165, 1.54) is 22.7 Å². The number of carbonyl (C=O) groups is 1. The molecule has 7 heteroatoms. The summed E-state index contributed by atoms with van der Waals surface area (Å²) in [4.78, 5) is 23.4. The standard InChI is InChI=1S/C18H17N3O2S2/c22-17(8-7-13-11-24-12-19-13)21(10-14-4-3-9-23-14)18-20-15-5-1-2-6-16(15)25-18/h1-2,5-8,11-12,14H,3-4,9-10H2/b8-7+. The summed E-state index contributed by atoms with van der Waals surface area (Å²) >= 11 is 3.04. The lowest BCUT2D eigenvalue weighted by atomic mass is 10.2. The van der Waals surface area contributed by atoms with Crippen LogP contribution in [0.2, 0.25) is 0 Å². The van der Waals surface area contributed by atoms with Crippen LogP contribution in [0.4, 0.5) is 5.13 Å². The van der Waals surface area contributed by atoms with Crippen LogP contribution in [0, 0.1) is 0 Å². The minimum Gasteiger partial charge on any atom is -0.376 e. The van der Waals surface area contributed by atoms with Crippen LogP contribution in [0.25, 0.3) is 16.3 Å². The van der Waals surface area contributed by atoms with Gasteiger partial charge in [0, 0.05) is 18.1 Å². The second kappa shape index (κ2) is 7.43. The van der Waals surface area contributed by atoms with Crippen molar-refractivity contribution in [3.8, 4) is 0 Å². The number of fused-ring (bicyclic) bond motifs is 1. The maximum absolute atomic E-state index is 12.8. The van der Waals surface area contributed by atoms with E-state index in [0.717, 1.165) is 35.4 Å². The van der Waals surface area contributed by atoms with Crippen LogP contribution in [0.1, 0.15) is 18.5 Å². The second-order valence-corrected chi connectivity index (χ2v) is 7.52. The fourth-order valence-corrected chi connectivity index (χ4v) is 4.28. The molecule has 0 radical (unpaired) electrons. The zero-order valence-electron chi connectivity index (χ0n) is 13.5. The first-order chi connectivity index (χ1) is 12.3. The number of aromatic nitrogens is 2. The molecule has 1 aromatic carbocycles. The summed E-state index contributed by atoms with van der Waals surface area (Å²) in [5.41, 5.74) is 3.46. The average molecular weight is 371 g/mol. The molecular weight excluding hydrogens is 354 g/mol. The highest BCUT2D eigenvalue weighted by Crippen LogP contribution is 2.30. The smallest absolute Gasteiger partial charge is 0.252 e. The largest absolute Gasteiger partial charge is 0.376 e. The Balaban J connectivity index is 1.61. The lowest BCUT2D eigenvalue weighted by Crippen LogP contribution is -2.36. The molecule has 4 rings (SSSR count). The number of amides is 1. The van der Waals surface area contributed by atoms with E-state index in [1.54, 1.807) is 22.6 Å². The van der Waals surface area contributed by atoms with Gasteiger partial charge in [-0.3, -0.25) is 9.69 Å². The summed E-state index contributed by atoms with van der Waals surface area (Å²) in [5, 5.41) is 2.62. The number of hydrogen-bond donors (Lipinski definition) is 0. The maximum atomic E-state index is 12.8. The van der Waals surface area contributed by atoms with Crippen molar-refractivity contribution < 1.29 is 9.53 Å². The Morgan fingerprint density at radius 3 is 3.08 bits per heavy atom. The summed E-state index contributed by atoms with van der Waals surface area (Å²) in [5.74, 6) is -0.0949. The summed E-state index contributed by atoms with van der Waals surface area (Å²) in [6, 6.07) is 7.93. The Hall–Kier alpha value is -2.09. The van der Waals surface area contributed by atoms with Crippen LogP contribution in [-0.4, -0.2) is 35.1 Å². The highest BCUT2D eigenvalue weighted by molar-refractivity contribution is 7.22. The first-order valence-corrected chi connectivity index (χ1v) is 9.90. The Bertz CT molecular complexity index is 850. The molecule has 0 aliphatic carbocycles. The minimum atomic E-state index is -0.0949. The zero-order chi connectivity index (χ0) is 17.1. The molecule has 1 aliphatic rings. The van der Waals surface area contributed by atoms with Crippen LogP contribution >= 0.6 is 22.7 Å². The van der Waals surface area contributed by atoms with Crippen molar-refractivity contribution in [2.75, 3.05) is 18.1 Å². The third kappa shape index (κ3) is 3.78. The predicted octanol–water partition coefficient (Wildman–Crippen LogP) is 3.98. The number of nitrogens with zero attached hydrogens (tertiary/aromatic N) is 3. The summed E-state index contributed by atoms with van der Waals surface area (Å²) in [7, 11) is 0. The normalized spacial score (nSPS) is 17.5. The number of ether oxygens (including phenoxy) is 1. The van der Waals surface area contributed by atoms with Gasteiger partial charge in [-0.2, -0.15) is 0 Å². The maximum Gasteiger partial charge on any atom is 0.252 e. The molecule has 0 spiro atoms. The van der Waals surface area contributed by atoms with Gasteiger partial charge in [0.15, 0.2) is 5.13 Å². The van der Waals surface area contributed by atoms with E-state index >= 15 is 0 Å². The van der Waals surface area contributed by atoms with Crippen molar-refractivity contribution in [1.82, 2.24) is 9.97 Å². The average Bonchev–Trinajstić information content (AvgIpc) is 3.38. The van der Waals surface area contributed by atoms with Crippen LogP contribution in [0.15, 0.2) is 41.2 Å². The van der Waals surface area contributed by atoms with Gasteiger partial charge in [-0.15, -0.1) is 11.3 Å². The molecule has 1 saturated heterocycles. The quantitative estimate of drug-likeness (QED) is 0.637. The van der Waals surface area contributed by atoms with Gasteiger partial charge in [0.1, 0.15) is 0 Å². The van der Waals surface area contributed by atoms with Crippen molar-refractivity contribution in [1.29, 1.82) is 0 Å². The molecule has 1 aliphatic heterocycles. The molecule has 25 heavy (non-hydrogen) atoms. The van der Waals surface area contributed by atoms with Gasteiger partial charge in [0.25, 0.3) is 5.91 Å². The Morgan fingerprint density at radius 1 is 1.40 bits per heavy atom. The minimum absolute atomic E-state index is 0.0728. The van der Waals surface area contributed by atoms with Gasteiger partial charge in [-0.1, -0.05) is 23.5 Å². The van der Waals surface area contributed by atoms with Gasteiger partial charge in [-0.25, -0.2) is 9.97 Å². The fourth-order valence-electron chi connectivity index (χ4n) is 2.78. The van der Waals surface area contributed by atoms with E-state index < -0.39 is 0 Å². The van der Waals surface area contributed by atoms with E-state index in [2.05, 4.69) is 9.97 Å². The van der Waals surface area contributed by atoms with E-state index in [-0.39, 0.29) is 12.0 Å². The van der Waals surface area contributed by atoms with Crippen molar-refractivity contribution >= 4 is 50.0 Å². The molecule has 128 valence electrons. The van der Waals surface area contributed by atoms with Crippen LogP contribution in [0.3, 0.4) is 0 Å². The molecule has 3 heterocycles. The number of benzene rings is 1. The second-order valence-electron chi connectivity index (χ2n) is 5.79. The van der Waals surface area contributed by atoms with Crippen molar-refractivity contribution in [2.24, 2.45) is 0 Å². The fraction of sp³-hybridized carbons (Fsp3) is 0.278. The van der Waals surface area contributed by atoms with Crippen molar-refractivity contribution in [3.63, 3.8) is 0 Å². The predicted molar refractivity (Wildman–Crippen MR) is 102 cm³/mol. The Morgan fingerprint density at radius 2 is 2.32 bits per heavy atom.